The second-order valence-corrected chi connectivity index (χ2v) is 8.48. The number of amides is 1. The van der Waals surface area contributed by atoms with E-state index in [2.05, 4.69) is 15.0 Å². The van der Waals surface area contributed by atoms with E-state index in [1.807, 2.05) is 0 Å². The predicted molar refractivity (Wildman–Crippen MR) is 109 cm³/mol. The molecule has 2 N–H and O–H groups in total. The number of halogens is 1. The molecule has 0 bridgehead atoms. The van der Waals surface area contributed by atoms with E-state index < -0.39 is 27.9 Å². The van der Waals surface area contributed by atoms with Gasteiger partial charge in [0.2, 0.25) is 0 Å². The molecule has 1 atom stereocenters. The number of ether oxygens (including phenoxy) is 1. The van der Waals surface area contributed by atoms with Crippen LogP contribution in [-0.4, -0.2) is 25.4 Å². The summed E-state index contributed by atoms with van der Waals surface area (Å²) in [6.45, 7) is 1.74. The van der Waals surface area contributed by atoms with Crippen LogP contribution in [0.3, 0.4) is 0 Å². The average Bonchev–Trinajstić information content (AvgIpc) is 3.20. The molecule has 0 aliphatic rings. The van der Waals surface area contributed by atoms with Crippen LogP contribution in [0.25, 0.3) is 0 Å². The van der Waals surface area contributed by atoms with Crippen LogP contribution in [0.1, 0.15) is 13.3 Å². The van der Waals surface area contributed by atoms with Crippen molar-refractivity contribution >= 4 is 38.1 Å². The molecule has 1 amide bonds. The number of sulfonamides is 1. The number of benzene rings is 2. The molecule has 2 aromatic carbocycles. The van der Waals surface area contributed by atoms with Crippen LogP contribution in [0.15, 0.2) is 65.0 Å². The Morgan fingerprint density at radius 3 is 2.55 bits per heavy atom. The SMILES string of the molecule is CC[C@@H](Oc1ccccc1F)C(=O)Nc1ccc(S(=O)(=O)Nc2nccs2)cc1. The number of carbonyl (C=O) groups is 1. The lowest BCUT2D eigenvalue weighted by molar-refractivity contribution is -0.122. The Morgan fingerprint density at radius 1 is 1.21 bits per heavy atom. The maximum atomic E-state index is 13.7. The lowest BCUT2D eigenvalue weighted by atomic mass is 10.2. The highest BCUT2D eigenvalue weighted by atomic mass is 32.2. The quantitative estimate of drug-likeness (QED) is 0.560. The van der Waals surface area contributed by atoms with Gasteiger partial charge >= 0.3 is 0 Å². The van der Waals surface area contributed by atoms with Crippen molar-refractivity contribution in [2.24, 2.45) is 0 Å². The van der Waals surface area contributed by atoms with E-state index in [1.165, 1.54) is 48.7 Å². The Balaban J connectivity index is 1.66. The Morgan fingerprint density at radius 2 is 1.93 bits per heavy atom. The zero-order valence-corrected chi connectivity index (χ0v) is 17.0. The van der Waals surface area contributed by atoms with Gasteiger partial charge in [-0.2, -0.15) is 0 Å². The minimum Gasteiger partial charge on any atom is -0.478 e. The monoisotopic (exact) mass is 435 g/mol. The lowest BCUT2D eigenvalue weighted by Crippen LogP contribution is -2.32. The molecule has 3 rings (SSSR count). The largest absolute Gasteiger partial charge is 0.478 e. The summed E-state index contributed by atoms with van der Waals surface area (Å²) in [6, 6.07) is 11.5. The molecule has 0 spiro atoms. The van der Waals surface area contributed by atoms with Crippen LogP contribution < -0.4 is 14.8 Å². The molecule has 3 aromatic rings. The van der Waals surface area contributed by atoms with Gasteiger partial charge in [-0.1, -0.05) is 19.1 Å². The molecule has 7 nitrogen and oxygen atoms in total. The summed E-state index contributed by atoms with van der Waals surface area (Å²) < 4.78 is 46.3. The maximum absolute atomic E-state index is 13.7. The Bertz CT molecular complexity index is 1070. The van der Waals surface area contributed by atoms with Gasteiger partial charge in [0.05, 0.1) is 4.90 Å². The second kappa shape index (κ2) is 9.01. The Hall–Kier alpha value is -2.98. The number of nitrogens with one attached hydrogen (secondary N) is 2. The molecule has 0 saturated heterocycles. The fourth-order valence-corrected chi connectivity index (χ4v) is 4.19. The molecular weight excluding hydrogens is 417 g/mol. The highest BCUT2D eigenvalue weighted by molar-refractivity contribution is 7.93. The number of para-hydroxylation sites is 1. The minimum absolute atomic E-state index is 0.01000. The molecule has 10 heteroatoms. The molecule has 0 unspecified atom stereocenters. The zero-order valence-electron chi connectivity index (χ0n) is 15.3. The van der Waals surface area contributed by atoms with E-state index in [-0.39, 0.29) is 15.8 Å². The summed E-state index contributed by atoms with van der Waals surface area (Å²) in [5, 5.41) is 4.56. The standard InChI is InChI=1S/C19H18FN3O4S2/c1-2-16(27-17-6-4-3-5-15(17)20)18(24)22-13-7-9-14(10-8-13)29(25,26)23-19-21-11-12-28-19/h3-12,16H,2H2,1H3,(H,21,23)(H,22,24)/t16-/m1/s1. The van der Waals surface area contributed by atoms with Gasteiger partial charge in [0, 0.05) is 17.3 Å². The fourth-order valence-electron chi connectivity index (χ4n) is 2.40. The highest BCUT2D eigenvalue weighted by Gasteiger charge is 2.21. The van der Waals surface area contributed by atoms with Crippen LogP contribution in [0.4, 0.5) is 15.2 Å². The molecule has 0 radical (unpaired) electrons. The highest BCUT2D eigenvalue weighted by Crippen LogP contribution is 2.21. The van der Waals surface area contributed by atoms with Gasteiger partial charge in [-0.25, -0.2) is 17.8 Å². The molecule has 0 aliphatic carbocycles. The maximum Gasteiger partial charge on any atom is 0.265 e. The molecule has 0 aliphatic heterocycles. The third-order valence-corrected chi connectivity index (χ3v) is 6.03. The molecule has 0 saturated carbocycles. The Kier molecular flexibility index (Phi) is 6.45. The van der Waals surface area contributed by atoms with Crippen LogP contribution in [0.2, 0.25) is 0 Å². The van der Waals surface area contributed by atoms with E-state index in [0.717, 1.165) is 11.3 Å². The van der Waals surface area contributed by atoms with E-state index in [0.29, 0.717) is 12.1 Å². The number of hydrogen-bond acceptors (Lipinski definition) is 6. The van der Waals surface area contributed by atoms with Crippen molar-refractivity contribution in [2.45, 2.75) is 24.3 Å². The van der Waals surface area contributed by atoms with Crippen molar-refractivity contribution < 1.29 is 22.3 Å². The summed E-state index contributed by atoms with van der Waals surface area (Å²) >= 11 is 1.16. The summed E-state index contributed by atoms with van der Waals surface area (Å²) in [5.41, 5.74) is 0.388. The van der Waals surface area contributed by atoms with Gasteiger partial charge in [0.25, 0.3) is 15.9 Å². The molecule has 152 valence electrons. The van der Waals surface area contributed by atoms with E-state index in [1.54, 1.807) is 18.4 Å². The summed E-state index contributed by atoms with van der Waals surface area (Å²) in [6.07, 6.45) is 0.917. The summed E-state index contributed by atoms with van der Waals surface area (Å²) in [4.78, 5) is 16.4. The van der Waals surface area contributed by atoms with Crippen LogP contribution in [0.5, 0.6) is 5.75 Å². The summed E-state index contributed by atoms with van der Waals surface area (Å²) in [5.74, 6) is -1.03. The van der Waals surface area contributed by atoms with Gasteiger partial charge in [0.1, 0.15) is 0 Å². The van der Waals surface area contributed by atoms with Crippen molar-refractivity contribution in [1.82, 2.24) is 4.98 Å². The lowest BCUT2D eigenvalue weighted by Gasteiger charge is -2.17. The first-order valence-electron chi connectivity index (χ1n) is 8.63. The summed E-state index contributed by atoms with van der Waals surface area (Å²) in [7, 11) is -3.78. The van der Waals surface area contributed by atoms with Crippen molar-refractivity contribution in [3.63, 3.8) is 0 Å². The van der Waals surface area contributed by atoms with Crippen LogP contribution >= 0.6 is 11.3 Å². The first-order chi connectivity index (χ1) is 13.9. The minimum atomic E-state index is -3.78. The van der Waals surface area contributed by atoms with Crippen LogP contribution in [0, 0.1) is 5.82 Å². The number of rotatable bonds is 8. The number of aromatic nitrogens is 1. The van der Waals surface area contributed by atoms with Crippen molar-refractivity contribution in [3.05, 3.63) is 65.9 Å². The normalized spacial score (nSPS) is 12.2. The third-order valence-electron chi connectivity index (χ3n) is 3.86. The van der Waals surface area contributed by atoms with Crippen molar-refractivity contribution in [3.8, 4) is 5.75 Å². The molecule has 0 fully saturated rings. The first-order valence-corrected chi connectivity index (χ1v) is 11.0. The van der Waals surface area contributed by atoms with Gasteiger partial charge < -0.3 is 10.1 Å². The number of nitrogens with zero attached hydrogens (tertiary/aromatic N) is 1. The van der Waals surface area contributed by atoms with Gasteiger partial charge in [-0.05, 0) is 42.8 Å². The molecule has 1 aromatic heterocycles. The number of hydrogen-bond donors (Lipinski definition) is 2. The molecular formula is C19H18FN3O4S2. The smallest absolute Gasteiger partial charge is 0.265 e. The second-order valence-electron chi connectivity index (χ2n) is 5.90. The topological polar surface area (TPSA) is 97.4 Å². The van der Waals surface area contributed by atoms with Crippen molar-refractivity contribution in [1.29, 1.82) is 0 Å². The van der Waals surface area contributed by atoms with Gasteiger partial charge in [-0.3, -0.25) is 9.52 Å². The molecule has 1 heterocycles. The average molecular weight is 436 g/mol. The Labute approximate surface area is 171 Å². The third kappa shape index (κ3) is 5.30. The van der Waals surface area contributed by atoms with Crippen molar-refractivity contribution in [2.75, 3.05) is 10.0 Å². The van der Waals surface area contributed by atoms with Gasteiger partial charge in [-0.15, -0.1) is 11.3 Å². The molecule has 29 heavy (non-hydrogen) atoms. The van der Waals surface area contributed by atoms with Gasteiger partial charge in [0.15, 0.2) is 22.8 Å². The first kappa shape index (κ1) is 20.7. The van der Waals surface area contributed by atoms with E-state index in [4.69, 9.17) is 4.74 Å². The fraction of sp³-hybridized carbons (Fsp3) is 0.158. The van der Waals surface area contributed by atoms with E-state index >= 15 is 0 Å². The number of thiazole rings is 1. The van der Waals surface area contributed by atoms with Crippen LogP contribution in [-0.2, 0) is 14.8 Å². The predicted octanol–water partition coefficient (Wildman–Crippen LogP) is 3.88. The zero-order chi connectivity index (χ0) is 20.9. The number of anilines is 2. The number of carbonyl (C=O) groups excluding carboxylic acids is 1. The van der Waals surface area contributed by atoms with E-state index in [9.17, 15) is 17.6 Å².